The third-order valence-corrected chi connectivity index (χ3v) is 4.14. The van der Waals surface area contributed by atoms with Crippen LogP contribution in [0.1, 0.15) is 16.8 Å². The van der Waals surface area contributed by atoms with Crippen LogP contribution in [0.4, 0.5) is 5.69 Å². The van der Waals surface area contributed by atoms with Gasteiger partial charge in [-0.3, -0.25) is 9.59 Å². The number of carbonyl (C=O) groups excluding carboxylic acids is 1. The molecule has 0 radical (unpaired) electrons. The summed E-state index contributed by atoms with van der Waals surface area (Å²) in [5.41, 5.74) is 3.45. The molecule has 1 aromatic heterocycles. The third-order valence-electron chi connectivity index (χ3n) is 4.14. The number of anilines is 1. The van der Waals surface area contributed by atoms with Crippen molar-refractivity contribution in [1.29, 1.82) is 0 Å². The van der Waals surface area contributed by atoms with Gasteiger partial charge in [0.05, 0.1) is 11.1 Å². The molecule has 24 heavy (non-hydrogen) atoms. The van der Waals surface area contributed by atoms with E-state index in [1.165, 1.54) is 4.68 Å². The Morgan fingerprint density at radius 3 is 2.46 bits per heavy atom. The van der Waals surface area contributed by atoms with Crippen molar-refractivity contribution < 1.29 is 4.79 Å². The summed E-state index contributed by atoms with van der Waals surface area (Å²) in [4.78, 5) is 24.8. The molecule has 3 rings (SSSR count). The van der Waals surface area contributed by atoms with Gasteiger partial charge in [0.15, 0.2) is 0 Å². The van der Waals surface area contributed by atoms with Crippen molar-refractivity contribution in [2.24, 2.45) is 0 Å². The Kier molecular flexibility index (Phi) is 4.16. The molecule has 0 saturated carbocycles. The molecule has 2 aromatic carbocycles. The molecule has 1 amide bonds. The minimum absolute atomic E-state index is 0.114. The van der Waals surface area contributed by atoms with Gasteiger partial charge in [0.25, 0.3) is 5.56 Å². The van der Waals surface area contributed by atoms with Crippen molar-refractivity contribution >= 4 is 22.4 Å². The molecule has 0 aliphatic carbocycles. The van der Waals surface area contributed by atoms with Gasteiger partial charge in [-0.25, -0.2) is 4.68 Å². The fraction of sp³-hybridized carbons (Fsp3) is 0.211. The van der Waals surface area contributed by atoms with Gasteiger partial charge < -0.3 is 5.32 Å². The van der Waals surface area contributed by atoms with Crippen molar-refractivity contribution in [2.75, 3.05) is 5.32 Å². The summed E-state index contributed by atoms with van der Waals surface area (Å²) in [6.45, 7) is 5.73. The SMILES string of the molecule is Cc1ccc(NC(=O)Cn2nc(C)c3ccccc3c2=O)cc1C. The smallest absolute Gasteiger partial charge is 0.275 e. The number of fused-ring (bicyclic) bond motifs is 1. The van der Waals surface area contributed by atoms with Crippen LogP contribution in [0.25, 0.3) is 10.8 Å². The van der Waals surface area contributed by atoms with Gasteiger partial charge in [-0.15, -0.1) is 0 Å². The molecule has 0 fully saturated rings. The standard InChI is InChI=1S/C19H19N3O2/c1-12-8-9-15(10-13(12)2)20-18(23)11-22-19(24)17-7-5-4-6-16(17)14(3)21-22/h4-10H,11H2,1-3H3,(H,20,23). The zero-order chi connectivity index (χ0) is 17.3. The molecular formula is C19H19N3O2. The highest BCUT2D eigenvalue weighted by molar-refractivity contribution is 5.91. The number of hydrogen-bond donors (Lipinski definition) is 1. The van der Waals surface area contributed by atoms with Crippen LogP contribution in [0.3, 0.4) is 0 Å². The molecule has 0 atom stereocenters. The first-order chi connectivity index (χ1) is 11.5. The molecule has 0 unspecified atom stereocenters. The predicted molar refractivity (Wildman–Crippen MR) is 95.3 cm³/mol. The number of aryl methyl sites for hydroxylation is 3. The van der Waals surface area contributed by atoms with Crippen molar-refractivity contribution in [1.82, 2.24) is 9.78 Å². The van der Waals surface area contributed by atoms with E-state index in [0.29, 0.717) is 11.1 Å². The molecule has 0 saturated heterocycles. The summed E-state index contributed by atoms with van der Waals surface area (Å²) in [6, 6.07) is 13.0. The number of carbonyl (C=O) groups is 1. The average molecular weight is 321 g/mol. The lowest BCUT2D eigenvalue weighted by Crippen LogP contribution is -2.30. The number of amides is 1. The first-order valence-electron chi connectivity index (χ1n) is 7.79. The predicted octanol–water partition coefficient (Wildman–Crippen LogP) is 2.96. The van der Waals surface area contributed by atoms with Crippen molar-refractivity contribution in [3.05, 3.63) is 69.6 Å². The largest absolute Gasteiger partial charge is 0.324 e. The van der Waals surface area contributed by atoms with E-state index >= 15 is 0 Å². The fourth-order valence-corrected chi connectivity index (χ4v) is 2.67. The van der Waals surface area contributed by atoms with Crippen molar-refractivity contribution in [3.63, 3.8) is 0 Å². The van der Waals surface area contributed by atoms with E-state index in [2.05, 4.69) is 10.4 Å². The van der Waals surface area contributed by atoms with Gasteiger partial charge in [0.1, 0.15) is 6.54 Å². The minimum atomic E-state index is -0.275. The molecular weight excluding hydrogens is 302 g/mol. The highest BCUT2D eigenvalue weighted by atomic mass is 16.2. The molecule has 122 valence electrons. The van der Waals surface area contributed by atoms with Crippen LogP contribution in [0.5, 0.6) is 0 Å². The second kappa shape index (κ2) is 6.28. The van der Waals surface area contributed by atoms with Crippen LogP contribution >= 0.6 is 0 Å². The second-order valence-electron chi connectivity index (χ2n) is 5.94. The van der Waals surface area contributed by atoms with E-state index in [1.807, 2.05) is 57.2 Å². The van der Waals surface area contributed by atoms with E-state index in [9.17, 15) is 9.59 Å². The Bertz CT molecular complexity index is 990. The fourth-order valence-electron chi connectivity index (χ4n) is 2.67. The molecule has 1 N–H and O–H groups in total. The number of nitrogens with one attached hydrogen (secondary N) is 1. The van der Waals surface area contributed by atoms with Gasteiger partial charge >= 0.3 is 0 Å². The maximum absolute atomic E-state index is 12.5. The highest BCUT2D eigenvalue weighted by Crippen LogP contribution is 2.14. The number of aromatic nitrogens is 2. The first-order valence-corrected chi connectivity index (χ1v) is 7.79. The Balaban J connectivity index is 1.86. The Morgan fingerprint density at radius 1 is 1.04 bits per heavy atom. The summed E-state index contributed by atoms with van der Waals surface area (Å²) in [6.07, 6.45) is 0. The molecule has 0 aliphatic heterocycles. The highest BCUT2D eigenvalue weighted by Gasteiger charge is 2.11. The minimum Gasteiger partial charge on any atom is -0.324 e. The monoisotopic (exact) mass is 321 g/mol. The lowest BCUT2D eigenvalue weighted by Gasteiger charge is -2.10. The number of rotatable bonds is 3. The normalized spacial score (nSPS) is 10.8. The zero-order valence-corrected chi connectivity index (χ0v) is 14.0. The Hall–Kier alpha value is -2.95. The van der Waals surface area contributed by atoms with Crippen molar-refractivity contribution in [3.8, 4) is 0 Å². The Morgan fingerprint density at radius 2 is 1.75 bits per heavy atom. The summed E-state index contributed by atoms with van der Waals surface area (Å²) in [5, 5.41) is 8.46. The van der Waals surface area contributed by atoms with E-state index < -0.39 is 0 Å². The summed E-state index contributed by atoms with van der Waals surface area (Å²) < 4.78 is 1.22. The average Bonchev–Trinajstić information content (AvgIpc) is 2.56. The zero-order valence-electron chi connectivity index (χ0n) is 14.0. The van der Waals surface area contributed by atoms with Gasteiger partial charge in [0.2, 0.25) is 5.91 Å². The molecule has 3 aromatic rings. The van der Waals surface area contributed by atoms with E-state index in [4.69, 9.17) is 0 Å². The number of benzene rings is 2. The maximum Gasteiger partial charge on any atom is 0.275 e. The lowest BCUT2D eigenvalue weighted by atomic mass is 10.1. The summed E-state index contributed by atoms with van der Waals surface area (Å²) >= 11 is 0. The molecule has 1 heterocycles. The van der Waals surface area contributed by atoms with Crippen LogP contribution in [-0.2, 0) is 11.3 Å². The van der Waals surface area contributed by atoms with E-state index in [0.717, 1.165) is 22.2 Å². The lowest BCUT2D eigenvalue weighted by molar-refractivity contribution is -0.117. The van der Waals surface area contributed by atoms with Crippen LogP contribution in [0.15, 0.2) is 47.3 Å². The van der Waals surface area contributed by atoms with Gasteiger partial charge in [-0.1, -0.05) is 24.3 Å². The molecule has 0 aliphatic rings. The van der Waals surface area contributed by atoms with Gasteiger partial charge in [-0.2, -0.15) is 5.10 Å². The number of nitrogens with zero attached hydrogens (tertiary/aromatic N) is 2. The van der Waals surface area contributed by atoms with Crippen molar-refractivity contribution in [2.45, 2.75) is 27.3 Å². The van der Waals surface area contributed by atoms with Crippen LogP contribution in [-0.4, -0.2) is 15.7 Å². The van der Waals surface area contributed by atoms with Crippen LogP contribution in [0.2, 0.25) is 0 Å². The van der Waals surface area contributed by atoms with E-state index in [1.54, 1.807) is 6.07 Å². The molecule has 5 nitrogen and oxygen atoms in total. The van der Waals surface area contributed by atoms with Crippen LogP contribution in [0, 0.1) is 20.8 Å². The molecule has 0 spiro atoms. The summed E-state index contributed by atoms with van der Waals surface area (Å²) in [5.74, 6) is -0.275. The first kappa shape index (κ1) is 15.9. The van der Waals surface area contributed by atoms with E-state index in [-0.39, 0.29) is 18.0 Å². The number of hydrogen-bond acceptors (Lipinski definition) is 3. The Labute approximate surface area is 139 Å². The van der Waals surface area contributed by atoms with Gasteiger partial charge in [0, 0.05) is 11.1 Å². The third kappa shape index (κ3) is 3.06. The van der Waals surface area contributed by atoms with Crippen LogP contribution < -0.4 is 10.9 Å². The molecule has 0 bridgehead atoms. The second-order valence-corrected chi connectivity index (χ2v) is 5.94. The molecule has 5 heteroatoms. The summed E-state index contributed by atoms with van der Waals surface area (Å²) in [7, 11) is 0. The maximum atomic E-state index is 12.5. The topological polar surface area (TPSA) is 64.0 Å². The quantitative estimate of drug-likeness (QED) is 0.806. The van der Waals surface area contributed by atoms with Gasteiger partial charge in [-0.05, 0) is 50.1 Å².